The van der Waals surface area contributed by atoms with E-state index in [1.54, 1.807) is 43.5 Å². The van der Waals surface area contributed by atoms with Gasteiger partial charge in [-0.1, -0.05) is 17.4 Å². The molecule has 31 heavy (non-hydrogen) atoms. The summed E-state index contributed by atoms with van der Waals surface area (Å²) in [4.78, 5) is 30.7. The van der Waals surface area contributed by atoms with Crippen molar-refractivity contribution in [1.82, 2.24) is 24.1 Å². The van der Waals surface area contributed by atoms with Gasteiger partial charge in [0.15, 0.2) is 0 Å². The molecule has 0 fully saturated rings. The number of nitrogens with zero attached hydrogens (tertiary/aromatic N) is 5. The summed E-state index contributed by atoms with van der Waals surface area (Å²) in [5.41, 5.74) is 0.307. The Morgan fingerprint density at radius 1 is 1.26 bits per heavy atom. The molecule has 5 aromatic rings. The Kier molecular flexibility index (Phi) is 4.44. The summed E-state index contributed by atoms with van der Waals surface area (Å²) in [5, 5.41) is 20.3. The maximum absolute atomic E-state index is 13.2. The fourth-order valence-corrected chi connectivity index (χ4v) is 3.87. The summed E-state index contributed by atoms with van der Waals surface area (Å²) < 4.78 is 8.32. The van der Waals surface area contributed by atoms with Gasteiger partial charge in [0, 0.05) is 6.20 Å². The molecular formula is C20H15N7O3S. The van der Waals surface area contributed by atoms with Crippen molar-refractivity contribution in [2.24, 2.45) is 0 Å². The second-order valence-electron chi connectivity index (χ2n) is 6.74. The first kappa shape index (κ1) is 18.9. The third-order valence-corrected chi connectivity index (χ3v) is 5.46. The lowest BCUT2D eigenvalue weighted by molar-refractivity contribution is 0.102. The third-order valence-electron chi connectivity index (χ3n) is 4.70. The van der Waals surface area contributed by atoms with Crippen LogP contribution in [0.25, 0.3) is 16.7 Å². The molecule has 0 aliphatic heterocycles. The summed E-state index contributed by atoms with van der Waals surface area (Å²) >= 11 is 1.22. The van der Waals surface area contributed by atoms with Crippen LogP contribution in [0.15, 0.2) is 58.1 Å². The van der Waals surface area contributed by atoms with Gasteiger partial charge in [-0.05, 0) is 37.3 Å². The molecule has 0 unspecified atom stereocenters. The highest BCUT2D eigenvalue weighted by Crippen LogP contribution is 2.16. The topological polar surface area (TPSA) is 131 Å². The number of pyridine rings is 2. The summed E-state index contributed by atoms with van der Waals surface area (Å²) in [6.07, 6.45) is 3.13. The van der Waals surface area contributed by atoms with E-state index in [1.807, 2.05) is 0 Å². The number of nitrogens with one attached hydrogen (secondary N) is 2. The molecule has 0 aliphatic carbocycles. The Morgan fingerprint density at radius 2 is 2.13 bits per heavy atom. The Balaban J connectivity index is 1.76. The summed E-state index contributed by atoms with van der Waals surface area (Å²) in [6.45, 7) is 1.91. The minimum absolute atomic E-state index is 0.0155. The van der Waals surface area contributed by atoms with Gasteiger partial charge in [0.2, 0.25) is 5.13 Å². The van der Waals surface area contributed by atoms with Crippen LogP contribution in [0, 0.1) is 12.3 Å². The molecule has 154 valence electrons. The Hall–Kier alpha value is -4.12. The maximum Gasteiger partial charge on any atom is 0.267 e. The first-order chi connectivity index (χ1) is 15.0. The highest BCUT2D eigenvalue weighted by atomic mass is 32.1. The van der Waals surface area contributed by atoms with Gasteiger partial charge in [-0.3, -0.25) is 24.7 Å². The van der Waals surface area contributed by atoms with E-state index in [1.165, 1.54) is 32.6 Å². The number of amides is 1. The minimum Gasteiger partial charge on any atom is -0.467 e. The number of aromatic nitrogens is 5. The molecule has 0 bridgehead atoms. The quantitative estimate of drug-likeness (QED) is 0.418. The number of hydrogen-bond donors (Lipinski definition) is 2. The largest absolute Gasteiger partial charge is 0.467 e. The van der Waals surface area contributed by atoms with E-state index >= 15 is 0 Å². The van der Waals surface area contributed by atoms with Gasteiger partial charge in [-0.2, -0.15) is 0 Å². The summed E-state index contributed by atoms with van der Waals surface area (Å²) in [6, 6.07) is 10.1. The zero-order chi connectivity index (χ0) is 21.5. The number of aryl methyl sites for hydroxylation is 1. The Morgan fingerprint density at radius 3 is 2.87 bits per heavy atom. The average molecular weight is 433 g/mol. The van der Waals surface area contributed by atoms with Gasteiger partial charge in [0.25, 0.3) is 11.5 Å². The second kappa shape index (κ2) is 7.29. The molecule has 10 nitrogen and oxygen atoms in total. The number of hydrogen-bond acceptors (Lipinski definition) is 8. The Bertz CT molecular complexity index is 1560. The van der Waals surface area contributed by atoms with Crippen LogP contribution in [0.4, 0.5) is 5.13 Å². The molecule has 0 spiro atoms. The number of anilines is 1. The van der Waals surface area contributed by atoms with Crippen molar-refractivity contribution in [3.8, 4) is 0 Å². The van der Waals surface area contributed by atoms with Crippen LogP contribution in [0.1, 0.15) is 21.1 Å². The first-order valence-electron chi connectivity index (χ1n) is 9.24. The van der Waals surface area contributed by atoms with Crippen LogP contribution in [0.2, 0.25) is 0 Å². The van der Waals surface area contributed by atoms with Crippen LogP contribution in [-0.2, 0) is 6.54 Å². The van der Waals surface area contributed by atoms with Gasteiger partial charge >= 0.3 is 0 Å². The van der Waals surface area contributed by atoms with Gasteiger partial charge in [0.1, 0.15) is 27.5 Å². The van der Waals surface area contributed by atoms with Gasteiger partial charge < -0.3 is 8.98 Å². The van der Waals surface area contributed by atoms with E-state index in [2.05, 4.69) is 20.5 Å². The standard InChI is InChI=1S/C20H15N7O3S/c1-11-24-25-20(31-11)23-18(28)13-9-14-17(22-15-6-2-3-7-26(15)19(14)29)27(16(13)21)10-12-5-4-8-30-12/h2-9,21H,10H2,1H3,(H,23,25,28). The fraction of sp³-hybridized carbons (Fsp3) is 0.100. The van der Waals surface area contributed by atoms with E-state index < -0.39 is 5.91 Å². The van der Waals surface area contributed by atoms with E-state index in [0.717, 1.165) is 0 Å². The van der Waals surface area contributed by atoms with Crippen molar-refractivity contribution in [3.05, 3.63) is 81.0 Å². The molecule has 5 heterocycles. The molecule has 5 aromatic heterocycles. The lowest BCUT2D eigenvalue weighted by Crippen LogP contribution is -2.32. The van der Waals surface area contributed by atoms with Crippen molar-refractivity contribution in [2.75, 3.05) is 5.32 Å². The second-order valence-corrected chi connectivity index (χ2v) is 7.92. The fourth-order valence-electron chi connectivity index (χ4n) is 3.28. The van der Waals surface area contributed by atoms with E-state index in [4.69, 9.17) is 9.83 Å². The predicted molar refractivity (Wildman–Crippen MR) is 113 cm³/mol. The lowest BCUT2D eigenvalue weighted by atomic mass is 10.2. The minimum atomic E-state index is -0.561. The van der Waals surface area contributed by atoms with Crippen molar-refractivity contribution in [3.63, 3.8) is 0 Å². The normalized spacial score (nSPS) is 11.3. The van der Waals surface area contributed by atoms with Gasteiger partial charge in [-0.15, -0.1) is 10.2 Å². The number of carbonyl (C=O) groups is 1. The molecule has 0 saturated carbocycles. The highest BCUT2D eigenvalue weighted by molar-refractivity contribution is 7.15. The number of carbonyl (C=O) groups excluding carboxylic acids is 1. The average Bonchev–Trinajstić information content (AvgIpc) is 3.42. The monoisotopic (exact) mass is 433 g/mol. The molecule has 1 amide bonds. The van der Waals surface area contributed by atoms with Crippen LogP contribution in [0.3, 0.4) is 0 Å². The van der Waals surface area contributed by atoms with Crippen LogP contribution in [0.5, 0.6) is 0 Å². The van der Waals surface area contributed by atoms with Gasteiger partial charge in [0.05, 0.1) is 23.8 Å². The van der Waals surface area contributed by atoms with Gasteiger partial charge in [-0.25, -0.2) is 4.98 Å². The molecule has 5 rings (SSSR count). The van der Waals surface area contributed by atoms with Crippen LogP contribution >= 0.6 is 11.3 Å². The van der Waals surface area contributed by atoms with Crippen molar-refractivity contribution in [1.29, 1.82) is 5.41 Å². The zero-order valence-electron chi connectivity index (χ0n) is 16.2. The Labute approximate surface area is 178 Å². The zero-order valence-corrected chi connectivity index (χ0v) is 17.0. The number of fused-ring (bicyclic) bond motifs is 2. The summed E-state index contributed by atoms with van der Waals surface area (Å²) in [7, 11) is 0. The van der Waals surface area contributed by atoms with Crippen molar-refractivity contribution < 1.29 is 9.21 Å². The molecule has 0 atom stereocenters. The molecule has 0 radical (unpaired) electrons. The number of furan rings is 1. The van der Waals surface area contributed by atoms with E-state index in [0.29, 0.717) is 27.2 Å². The number of rotatable bonds is 4. The van der Waals surface area contributed by atoms with E-state index in [9.17, 15) is 9.59 Å². The smallest absolute Gasteiger partial charge is 0.267 e. The molecule has 0 aliphatic rings. The predicted octanol–water partition coefficient (Wildman–Crippen LogP) is 2.18. The molecule has 11 heteroatoms. The molecule has 2 N–H and O–H groups in total. The van der Waals surface area contributed by atoms with Crippen LogP contribution in [-0.4, -0.2) is 30.1 Å². The SMILES string of the molecule is Cc1nnc(NC(=O)c2cc3c(=O)n4ccccc4nc3n(Cc3ccco3)c2=N)s1. The molecule has 0 aromatic carbocycles. The molecular weight excluding hydrogens is 418 g/mol. The van der Waals surface area contributed by atoms with E-state index in [-0.39, 0.29) is 28.5 Å². The highest BCUT2D eigenvalue weighted by Gasteiger charge is 2.19. The van der Waals surface area contributed by atoms with Crippen LogP contribution < -0.4 is 16.4 Å². The lowest BCUT2D eigenvalue weighted by Gasteiger charge is -2.13. The maximum atomic E-state index is 13.2. The third kappa shape index (κ3) is 3.30. The first-order valence-corrected chi connectivity index (χ1v) is 10.1. The van der Waals surface area contributed by atoms with Crippen molar-refractivity contribution >= 4 is 39.1 Å². The molecule has 0 saturated heterocycles. The van der Waals surface area contributed by atoms with Crippen molar-refractivity contribution in [2.45, 2.75) is 13.5 Å². The summed E-state index contributed by atoms with van der Waals surface area (Å²) in [5.74, 6) is 0.000899.